The van der Waals surface area contributed by atoms with Gasteiger partial charge in [0.05, 0.1) is 0 Å². The molecule has 1 aromatic rings. The second kappa shape index (κ2) is 6.33. The van der Waals surface area contributed by atoms with Crippen molar-refractivity contribution in [2.24, 2.45) is 0 Å². The third kappa shape index (κ3) is 3.70. The van der Waals surface area contributed by atoms with Gasteiger partial charge in [-0.1, -0.05) is 43.7 Å². The highest BCUT2D eigenvalue weighted by Gasteiger charge is 2.07. The van der Waals surface area contributed by atoms with Gasteiger partial charge in [-0.25, -0.2) is 0 Å². The van der Waals surface area contributed by atoms with Crippen molar-refractivity contribution in [3.63, 3.8) is 0 Å². The lowest BCUT2D eigenvalue weighted by Crippen LogP contribution is -2.24. The maximum atomic E-state index is 11.7. The monoisotopic (exact) mass is 237 g/mol. The molecule has 0 bridgehead atoms. The van der Waals surface area contributed by atoms with Crippen LogP contribution < -0.4 is 5.32 Å². The Kier molecular flexibility index (Phi) is 5.06. The number of carbonyl (C=O) groups is 1. The summed E-state index contributed by atoms with van der Waals surface area (Å²) < 4.78 is 0. The van der Waals surface area contributed by atoms with Gasteiger partial charge in [0.15, 0.2) is 0 Å². The molecule has 0 saturated carbocycles. The van der Waals surface area contributed by atoms with Gasteiger partial charge in [0.2, 0.25) is 0 Å². The predicted octanol–water partition coefficient (Wildman–Crippen LogP) is 3.27. The first kappa shape index (κ1) is 12.8. The van der Waals surface area contributed by atoms with Crippen LogP contribution in [0.1, 0.15) is 25.3 Å². The normalized spacial score (nSPS) is 9.88. The lowest BCUT2D eigenvalue weighted by molar-refractivity contribution is -0.115. The number of halogens is 1. The second-order valence-corrected chi connectivity index (χ2v) is 4.03. The smallest absolute Gasteiger partial charge is 0.251 e. The van der Waals surface area contributed by atoms with E-state index in [-0.39, 0.29) is 5.91 Å². The number of amides is 1. The van der Waals surface area contributed by atoms with E-state index < -0.39 is 0 Å². The van der Waals surface area contributed by atoms with Gasteiger partial charge in [-0.2, -0.15) is 0 Å². The summed E-state index contributed by atoms with van der Waals surface area (Å²) in [5.41, 5.74) is 1.28. The summed E-state index contributed by atoms with van der Waals surface area (Å²) in [7, 11) is 0. The summed E-state index contributed by atoms with van der Waals surface area (Å²) in [5, 5.41) is 3.48. The predicted molar refractivity (Wildman–Crippen MR) is 68.4 cm³/mol. The Labute approximate surface area is 101 Å². The molecule has 0 atom stereocenters. The van der Waals surface area contributed by atoms with Crippen molar-refractivity contribution >= 4 is 23.1 Å². The molecule has 0 unspecified atom stereocenters. The molecule has 1 N–H and O–H groups in total. The molecule has 0 spiro atoms. The first-order valence-corrected chi connectivity index (χ1v) is 5.76. The van der Waals surface area contributed by atoms with Crippen molar-refractivity contribution in [2.75, 3.05) is 6.54 Å². The van der Waals surface area contributed by atoms with Crippen LogP contribution in [0.4, 0.5) is 0 Å². The molecule has 1 rings (SSSR count). The van der Waals surface area contributed by atoms with Crippen LogP contribution in [-0.2, 0) is 4.79 Å². The molecule has 1 aromatic carbocycles. The van der Waals surface area contributed by atoms with Gasteiger partial charge in [0.1, 0.15) is 0 Å². The number of carbonyl (C=O) groups excluding carboxylic acids is 1. The third-order valence-corrected chi connectivity index (χ3v) is 2.53. The highest BCUT2D eigenvalue weighted by atomic mass is 35.5. The molecule has 0 radical (unpaired) electrons. The highest BCUT2D eigenvalue weighted by Crippen LogP contribution is 2.16. The molecule has 0 aromatic heterocycles. The van der Waals surface area contributed by atoms with E-state index in [1.165, 1.54) is 0 Å². The highest BCUT2D eigenvalue weighted by molar-refractivity contribution is 6.30. The molecule has 0 heterocycles. The molecule has 0 fully saturated rings. The second-order valence-electron chi connectivity index (χ2n) is 3.59. The Morgan fingerprint density at radius 2 is 2.00 bits per heavy atom. The van der Waals surface area contributed by atoms with Gasteiger partial charge < -0.3 is 5.32 Å². The molecule has 1 amide bonds. The van der Waals surface area contributed by atoms with Crippen LogP contribution in [-0.4, -0.2) is 12.5 Å². The molecular formula is C13H16ClNO. The van der Waals surface area contributed by atoms with E-state index in [9.17, 15) is 4.79 Å². The van der Waals surface area contributed by atoms with Gasteiger partial charge >= 0.3 is 0 Å². The van der Waals surface area contributed by atoms with Crippen LogP contribution in [0.2, 0.25) is 5.02 Å². The minimum absolute atomic E-state index is 0.115. The Morgan fingerprint density at radius 3 is 2.56 bits per heavy atom. The molecule has 0 aliphatic carbocycles. The number of benzene rings is 1. The summed E-state index contributed by atoms with van der Waals surface area (Å²) in [6.45, 7) is 6.56. The average molecular weight is 238 g/mol. The van der Waals surface area contributed by atoms with Crippen molar-refractivity contribution in [3.05, 3.63) is 41.4 Å². The Bertz CT molecular complexity index is 370. The fourth-order valence-corrected chi connectivity index (χ4v) is 1.39. The van der Waals surface area contributed by atoms with Gasteiger partial charge in [-0.3, -0.25) is 4.79 Å². The SMILES string of the molecule is C=C(C(=O)NCCCC)c1ccc(Cl)cc1. The van der Waals surface area contributed by atoms with E-state index in [1.54, 1.807) is 24.3 Å². The molecule has 86 valence electrons. The Balaban J connectivity index is 2.57. The fraction of sp³-hybridized carbons (Fsp3) is 0.308. The topological polar surface area (TPSA) is 29.1 Å². The number of hydrogen-bond acceptors (Lipinski definition) is 1. The number of hydrogen-bond donors (Lipinski definition) is 1. The van der Waals surface area contributed by atoms with Crippen molar-refractivity contribution < 1.29 is 4.79 Å². The molecule has 0 saturated heterocycles. The van der Waals surface area contributed by atoms with Gasteiger partial charge in [-0.05, 0) is 24.1 Å². The first-order chi connectivity index (χ1) is 7.65. The molecular weight excluding hydrogens is 222 g/mol. The van der Waals surface area contributed by atoms with Gasteiger partial charge in [-0.15, -0.1) is 0 Å². The van der Waals surface area contributed by atoms with Gasteiger partial charge in [0, 0.05) is 17.1 Å². The van der Waals surface area contributed by atoms with Gasteiger partial charge in [0.25, 0.3) is 5.91 Å². The summed E-state index contributed by atoms with van der Waals surface area (Å²) in [6, 6.07) is 7.09. The number of nitrogens with one attached hydrogen (secondary N) is 1. The van der Waals surface area contributed by atoms with E-state index in [0.717, 1.165) is 18.4 Å². The van der Waals surface area contributed by atoms with Crippen LogP contribution >= 0.6 is 11.6 Å². The Morgan fingerprint density at radius 1 is 1.38 bits per heavy atom. The van der Waals surface area contributed by atoms with Crippen molar-refractivity contribution in [3.8, 4) is 0 Å². The molecule has 3 heteroatoms. The zero-order valence-corrected chi connectivity index (χ0v) is 10.2. The van der Waals surface area contributed by atoms with E-state index in [1.807, 2.05) is 0 Å². The average Bonchev–Trinajstić information content (AvgIpc) is 2.29. The van der Waals surface area contributed by atoms with Crippen LogP contribution in [0.5, 0.6) is 0 Å². The van der Waals surface area contributed by atoms with E-state index in [4.69, 9.17) is 11.6 Å². The van der Waals surface area contributed by atoms with Crippen molar-refractivity contribution in [2.45, 2.75) is 19.8 Å². The molecule has 0 aliphatic rings. The zero-order valence-electron chi connectivity index (χ0n) is 9.42. The molecule has 2 nitrogen and oxygen atoms in total. The third-order valence-electron chi connectivity index (χ3n) is 2.28. The summed E-state index contributed by atoms with van der Waals surface area (Å²) in [6.07, 6.45) is 2.05. The van der Waals surface area contributed by atoms with Crippen molar-refractivity contribution in [1.29, 1.82) is 0 Å². The summed E-state index contributed by atoms with van der Waals surface area (Å²) in [5.74, 6) is -0.115. The quantitative estimate of drug-likeness (QED) is 0.618. The minimum Gasteiger partial charge on any atom is -0.352 e. The largest absolute Gasteiger partial charge is 0.352 e. The number of rotatable bonds is 5. The van der Waals surface area contributed by atoms with Crippen LogP contribution in [0.3, 0.4) is 0 Å². The maximum absolute atomic E-state index is 11.7. The lowest BCUT2D eigenvalue weighted by Gasteiger charge is -2.07. The zero-order chi connectivity index (χ0) is 12.0. The summed E-state index contributed by atoms with van der Waals surface area (Å²) in [4.78, 5) is 11.7. The van der Waals surface area contributed by atoms with Crippen LogP contribution in [0, 0.1) is 0 Å². The minimum atomic E-state index is -0.115. The Hall–Kier alpha value is -1.28. The van der Waals surface area contributed by atoms with Crippen LogP contribution in [0.15, 0.2) is 30.8 Å². The van der Waals surface area contributed by atoms with E-state index in [0.29, 0.717) is 17.1 Å². The van der Waals surface area contributed by atoms with E-state index in [2.05, 4.69) is 18.8 Å². The van der Waals surface area contributed by atoms with Crippen molar-refractivity contribution in [1.82, 2.24) is 5.32 Å². The van der Waals surface area contributed by atoms with Crippen LogP contribution in [0.25, 0.3) is 5.57 Å². The van der Waals surface area contributed by atoms with E-state index >= 15 is 0 Å². The maximum Gasteiger partial charge on any atom is 0.251 e. The standard InChI is InChI=1S/C13H16ClNO/c1-3-4-9-15-13(16)10(2)11-5-7-12(14)8-6-11/h5-8H,2-4,9H2,1H3,(H,15,16). The lowest BCUT2D eigenvalue weighted by atomic mass is 10.1. The first-order valence-electron chi connectivity index (χ1n) is 5.38. The molecule has 0 aliphatic heterocycles. The summed E-state index contributed by atoms with van der Waals surface area (Å²) >= 11 is 5.77. The fourth-order valence-electron chi connectivity index (χ4n) is 1.27. The number of unbranched alkanes of at least 4 members (excludes halogenated alkanes) is 1. The molecule has 16 heavy (non-hydrogen) atoms.